The van der Waals surface area contributed by atoms with Gasteiger partial charge in [0.15, 0.2) is 5.30 Å². The lowest BCUT2D eigenvalue weighted by molar-refractivity contribution is 0.179. The van der Waals surface area contributed by atoms with E-state index in [0.29, 0.717) is 13.2 Å². The van der Waals surface area contributed by atoms with Crippen LogP contribution in [0, 0.1) is 0 Å². The summed E-state index contributed by atoms with van der Waals surface area (Å²) < 4.78 is 11.8. The van der Waals surface area contributed by atoms with Gasteiger partial charge in [0.2, 0.25) is 0 Å². The van der Waals surface area contributed by atoms with E-state index in [4.69, 9.17) is 9.05 Å². The zero-order chi connectivity index (χ0) is 18.9. The lowest BCUT2D eigenvalue weighted by Crippen LogP contribution is -2.17. The predicted molar refractivity (Wildman–Crippen MR) is 114 cm³/mol. The maximum atomic E-state index is 11.0. The molecule has 0 aliphatic heterocycles. The Bertz CT molecular complexity index is 407. The van der Waals surface area contributed by atoms with Crippen LogP contribution in [0.5, 0.6) is 0 Å². The van der Waals surface area contributed by atoms with Crippen molar-refractivity contribution >= 4 is 13.2 Å². The van der Waals surface area contributed by atoms with Crippen molar-refractivity contribution in [2.24, 2.45) is 0 Å². The fourth-order valence-corrected chi connectivity index (χ4v) is 4.62. The first-order valence-electron chi connectivity index (χ1n) is 10.7. The third-order valence-electron chi connectivity index (χ3n) is 4.61. The van der Waals surface area contributed by atoms with Gasteiger partial charge in [0, 0.05) is 0 Å². The second-order valence-corrected chi connectivity index (χ2v) is 9.13. The number of unbranched alkanes of at least 4 members (excludes halogenated alkanes) is 10. The molecule has 0 amide bonds. The maximum absolute atomic E-state index is 11.0. The van der Waals surface area contributed by atoms with Gasteiger partial charge in [-0.15, -0.1) is 0 Å². The van der Waals surface area contributed by atoms with Crippen LogP contribution in [0.15, 0.2) is 30.3 Å². The van der Waals surface area contributed by atoms with Crippen LogP contribution >= 0.6 is 7.94 Å². The fraction of sp³-hybridized carbons (Fsp3) is 0.727. The van der Waals surface area contributed by atoms with E-state index in [1.54, 1.807) is 0 Å². The van der Waals surface area contributed by atoms with Gasteiger partial charge in [0.05, 0.1) is 13.2 Å². The molecule has 1 N–H and O–H groups in total. The number of benzene rings is 1. The molecule has 0 unspecified atom stereocenters. The van der Waals surface area contributed by atoms with Crippen molar-refractivity contribution in [2.75, 3.05) is 13.2 Å². The average Bonchev–Trinajstić information content (AvgIpc) is 2.67. The monoisotopic (exact) mass is 383 g/mol. The SMILES string of the molecule is CCCCCCCCO[P+](O)(OCCCCCCCC)c1ccccc1. The minimum absolute atomic E-state index is 0.571. The van der Waals surface area contributed by atoms with E-state index in [-0.39, 0.29) is 0 Å². The summed E-state index contributed by atoms with van der Waals surface area (Å²) in [6, 6.07) is 9.65. The van der Waals surface area contributed by atoms with Crippen molar-refractivity contribution < 1.29 is 13.9 Å². The molecule has 0 aliphatic rings. The van der Waals surface area contributed by atoms with Crippen LogP contribution in [-0.2, 0) is 9.05 Å². The molecular formula is C22H40O3P+. The lowest BCUT2D eigenvalue weighted by atomic mass is 10.1. The van der Waals surface area contributed by atoms with E-state index in [1.165, 1.54) is 51.4 Å². The Morgan fingerprint density at radius 2 is 1.08 bits per heavy atom. The fourth-order valence-electron chi connectivity index (χ4n) is 2.94. The van der Waals surface area contributed by atoms with Gasteiger partial charge < -0.3 is 0 Å². The van der Waals surface area contributed by atoms with Crippen LogP contribution in [0.1, 0.15) is 90.9 Å². The van der Waals surface area contributed by atoms with Crippen LogP contribution in [0.3, 0.4) is 0 Å². The molecule has 0 saturated carbocycles. The predicted octanol–water partition coefficient (Wildman–Crippen LogP) is 6.82. The molecule has 0 aliphatic carbocycles. The van der Waals surface area contributed by atoms with E-state index >= 15 is 0 Å². The second kappa shape index (κ2) is 15.6. The molecule has 0 spiro atoms. The highest BCUT2D eigenvalue weighted by molar-refractivity contribution is 7.68. The lowest BCUT2D eigenvalue weighted by Gasteiger charge is -2.17. The Kier molecular flexibility index (Phi) is 14.1. The zero-order valence-electron chi connectivity index (χ0n) is 17.0. The van der Waals surface area contributed by atoms with Crippen molar-refractivity contribution in [1.29, 1.82) is 0 Å². The van der Waals surface area contributed by atoms with E-state index in [9.17, 15) is 4.89 Å². The Labute approximate surface area is 162 Å². The van der Waals surface area contributed by atoms with Crippen molar-refractivity contribution in [3.63, 3.8) is 0 Å². The molecule has 4 heteroatoms. The Morgan fingerprint density at radius 3 is 1.54 bits per heavy atom. The second-order valence-electron chi connectivity index (χ2n) is 7.06. The highest BCUT2D eigenvalue weighted by Crippen LogP contribution is 2.55. The Morgan fingerprint density at radius 1 is 0.654 bits per heavy atom. The highest BCUT2D eigenvalue weighted by atomic mass is 31.2. The quantitative estimate of drug-likeness (QED) is 0.237. The third kappa shape index (κ3) is 10.6. The Hall–Kier alpha value is -0.470. The van der Waals surface area contributed by atoms with Gasteiger partial charge in [-0.25, -0.2) is 0 Å². The first-order chi connectivity index (χ1) is 12.7. The molecular weight excluding hydrogens is 343 g/mol. The summed E-state index contributed by atoms with van der Waals surface area (Å²) in [6.07, 6.45) is 14.5. The van der Waals surface area contributed by atoms with Crippen molar-refractivity contribution in [3.05, 3.63) is 30.3 Å². The van der Waals surface area contributed by atoms with Crippen LogP contribution in [0.25, 0.3) is 0 Å². The molecule has 0 saturated heterocycles. The normalized spacial score (nSPS) is 11.8. The van der Waals surface area contributed by atoms with Crippen LogP contribution in [0.4, 0.5) is 0 Å². The van der Waals surface area contributed by atoms with Crippen LogP contribution < -0.4 is 5.30 Å². The summed E-state index contributed by atoms with van der Waals surface area (Å²) in [5, 5.41) is 0.789. The largest absolute Gasteiger partial charge is 0.446 e. The standard InChI is InChI=1S/C22H40O3P/c1-3-5-7-9-11-16-20-24-26(23,22-18-14-13-15-19-22)25-21-17-12-10-8-6-4-2/h13-15,18-19,23H,3-12,16-17,20-21H2,1-2H3/q+1. The van der Waals surface area contributed by atoms with Gasteiger partial charge in [0.1, 0.15) is 0 Å². The van der Waals surface area contributed by atoms with Crippen LogP contribution in [0.2, 0.25) is 0 Å². The average molecular weight is 384 g/mol. The van der Waals surface area contributed by atoms with E-state index in [2.05, 4.69) is 13.8 Å². The summed E-state index contributed by atoms with van der Waals surface area (Å²) in [6.45, 7) is 5.60. The minimum atomic E-state index is -2.94. The Balaban J connectivity index is 2.35. The van der Waals surface area contributed by atoms with Gasteiger partial charge in [-0.05, 0) is 25.0 Å². The summed E-state index contributed by atoms with van der Waals surface area (Å²) >= 11 is 0. The molecule has 0 heterocycles. The van der Waals surface area contributed by atoms with E-state index < -0.39 is 7.94 Å². The number of hydrogen-bond acceptors (Lipinski definition) is 3. The molecule has 0 atom stereocenters. The smallest absolute Gasteiger partial charge is 0.188 e. The maximum Gasteiger partial charge on any atom is 0.446 e. The summed E-state index contributed by atoms with van der Waals surface area (Å²) in [4.78, 5) is 11.0. The van der Waals surface area contributed by atoms with E-state index in [0.717, 1.165) is 31.0 Å². The van der Waals surface area contributed by atoms with Crippen LogP contribution in [-0.4, -0.2) is 18.1 Å². The zero-order valence-corrected chi connectivity index (χ0v) is 17.9. The van der Waals surface area contributed by atoms with Gasteiger partial charge in [-0.3, -0.25) is 0 Å². The molecule has 0 aromatic heterocycles. The molecule has 0 radical (unpaired) electrons. The molecule has 1 aromatic carbocycles. The molecule has 0 fully saturated rings. The number of rotatable bonds is 17. The molecule has 1 rings (SSSR count). The molecule has 26 heavy (non-hydrogen) atoms. The van der Waals surface area contributed by atoms with E-state index in [1.807, 2.05) is 30.3 Å². The van der Waals surface area contributed by atoms with Gasteiger partial charge in [-0.1, -0.05) is 96.3 Å². The summed E-state index contributed by atoms with van der Waals surface area (Å²) in [5.74, 6) is 0. The number of hydrogen-bond donors (Lipinski definition) is 1. The summed E-state index contributed by atoms with van der Waals surface area (Å²) in [5.41, 5.74) is 0. The minimum Gasteiger partial charge on any atom is -0.188 e. The van der Waals surface area contributed by atoms with Crippen molar-refractivity contribution in [3.8, 4) is 0 Å². The van der Waals surface area contributed by atoms with Crippen molar-refractivity contribution in [1.82, 2.24) is 0 Å². The topological polar surface area (TPSA) is 38.7 Å². The highest BCUT2D eigenvalue weighted by Gasteiger charge is 2.43. The third-order valence-corrected chi connectivity index (χ3v) is 6.63. The first kappa shape index (κ1) is 23.6. The van der Waals surface area contributed by atoms with Crippen molar-refractivity contribution in [2.45, 2.75) is 90.9 Å². The summed E-state index contributed by atoms with van der Waals surface area (Å²) in [7, 11) is -2.94. The van der Waals surface area contributed by atoms with Gasteiger partial charge in [0.25, 0.3) is 0 Å². The van der Waals surface area contributed by atoms with Gasteiger partial charge >= 0.3 is 7.94 Å². The molecule has 1 aromatic rings. The first-order valence-corrected chi connectivity index (χ1v) is 12.3. The van der Waals surface area contributed by atoms with Gasteiger partial charge in [-0.2, -0.15) is 13.9 Å². The molecule has 0 bridgehead atoms. The molecule has 3 nitrogen and oxygen atoms in total. The molecule has 150 valence electrons.